The Kier molecular flexibility index (Phi) is 11.0. The molecule has 0 radical (unpaired) electrons. The molecule has 3 aromatic carbocycles. The summed E-state index contributed by atoms with van der Waals surface area (Å²) >= 11 is 12.4. The van der Waals surface area contributed by atoms with Crippen molar-refractivity contribution < 1.29 is 24.0 Å². The number of amides is 2. The molecule has 9 nitrogen and oxygen atoms in total. The third-order valence-electron chi connectivity index (χ3n) is 7.27. The lowest BCUT2D eigenvalue weighted by Crippen LogP contribution is -2.53. The van der Waals surface area contributed by atoms with E-state index in [4.69, 9.17) is 32.7 Å². The topological polar surface area (TPSA) is 111 Å². The average Bonchev–Trinajstić information content (AvgIpc) is 3.00. The van der Waals surface area contributed by atoms with Gasteiger partial charge in [0.2, 0.25) is 11.7 Å². The third kappa shape index (κ3) is 8.36. The van der Waals surface area contributed by atoms with Crippen LogP contribution in [0.5, 0.6) is 11.5 Å². The van der Waals surface area contributed by atoms with Crippen molar-refractivity contribution in [3.8, 4) is 11.5 Å². The summed E-state index contributed by atoms with van der Waals surface area (Å²) in [7, 11) is 1.31. The first-order chi connectivity index (χ1) is 20.2. The van der Waals surface area contributed by atoms with E-state index < -0.39 is 23.5 Å². The predicted molar refractivity (Wildman–Crippen MR) is 161 cm³/mol. The lowest BCUT2D eigenvalue weighted by molar-refractivity contribution is -0.385. The van der Waals surface area contributed by atoms with E-state index in [0.29, 0.717) is 15.6 Å². The van der Waals surface area contributed by atoms with Gasteiger partial charge in [-0.05, 0) is 42.2 Å². The Morgan fingerprint density at radius 1 is 1.00 bits per heavy atom. The van der Waals surface area contributed by atoms with Gasteiger partial charge in [0.05, 0.1) is 22.1 Å². The van der Waals surface area contributed by atoms with Crippen molar-refractivity contribution in [2.45, 2.75) is 57.2 Å². The van der Waals surface area contributed by atoms with Crippen LogP contribution in [0.25, 0.3) is 0 Å². The maximum absolute atomic E-state index is 13.9. The molecule has 0 unspecified atom stereocenters. The van der Waals surface area contributed by atoms with Crippen LogP contribution in [-0.4, -0.2) is 47.4 Å². The zero-order chi connectivity index (χ0) is 30.1. The summed E-state index contributed by atoms with van der Waals surface area (Å²) in [5.41, 5.74) is 1.37. The molecule has 0 heterocycles. The van der Waals surface area contributed by atoms with Crippen molar-refractivity contribution in [3.05, 3.63) is 98.0 Å². The highest BCUT2D eigenvalue weighted by Crippen LogP contribution is 2.31. The Bertz CT molecular complexity index is 1400. The van der Waals surface area contributed by atoms with Crippen molar-refractivity contribution in [1.29, 1.82) is 0 Å². The zero-order valence-electron chi connectivity index (χ0n) is 23.3. The first-order valence-corrected chi connectivity index (χ1v) is 14.5. The van der Waals surface area contributed by atoms with Gasteiger partial charge in [-0.25, -0.2) is 0 Å². The van der Waals surface area contributed by atoms with Gasteiger partial charge in [-0.3, -0.25) is 19.7 Å². The Hall–Kier alpha value is -3.82. The number of nitro benzene ring substituents is 1. The highest BCUT2D eigenvalue weighted by atomic mass is 35.5. The summed E-state index contributed by atoms with van der Waals surface area (Å²) in [4.78, 5) is 39.9. The van der Waals surface area contributed by atoms with Gasteiger partial charge in [-0.2, -0.15) is 0 Å². The molecule has 0 aromatic heterocycles. The van der Waals surface area contributed by atoms with E-state index in [0.717, 1.165) is 37.7 Å². The molecule has 1 aliphatic carbocycles. The smallest absolute Gasteiger partial charge is 0.311 e. The molecule has 0 spiro atoms. The Labute approximate surface area is 254 Å². The summed E-state index contributed by atoms with van der Waals surface area (Å²) < 4.78 is 10.9. The molecular weight excluding hydrogens is 581 g/mol. The van der Waals surface area contributed by atoms with Crippen molar-refractivity contribution >= 4 is 40.7 Å². The second-order valence-corrected chi connectivity index (χ2v) is 11.0. The van der Waals surface area contributed by atoms with Crippen molar-refractivity contribution in [2.24, 2.45) is 0 Å². The predicted octanol–water partition coefficient (Wildman–Crippen LogP) is 6.38. The van der Waals surface area contributed by atoms with Gasteiger partial charge in [-0.1, -0.05) is 78.9 Å². The molecule has 4 rings (SSSR count). The van der Waals surface area contributed by atoms with E-state index in [1.54, 1.807) is 18.2 Å². The number of nitrogens with zero attached hydrogens (tertiary/aromatic N) is 2. The number of halogens is 2. The average molecular weight is 615 g/mol. The monoisotopic (exact) mass is 613 g/mol. The van der Waals surface area contributed by atoms with Gasteiger partial charge >= 0.3 is 5.69 Å². The quantitative estimate of drug-likeness (QED) is 0.187. The number of carbonyl (C=O) groups is 2. The van der Waals surface area contributed by atoms with Crippen LogP contribution in [0.4, 0.5) is 5.69 Å². The molecule has 1 fully saturated rings. The standard InChI is InChI=1S/C31H33Cl2N3O6/c1-41-29-18-24(13-15-27(29)36(39)40)42-20-30(37)35(19-22-12-14-25(32)26(33)16-22)28(17-21-8-4-2-5-9-21)31(38)34-23-10-6-3-7-11-23/h2,4-5,8-9,12-16,18,23,28H,3,6-7,10-11,17,19-20H2,1H3,(H,34,38)/t28-/m1/s1. The molecule has 1 N–H and O–H groups in total. The summed E-state index contributed by atoms with van der Waals surface area (Å²) in [6, 6.07) is 17.8. The number of rotatable bonds is 12. The molecule has 0 bridgehead atoms. The Balaban J connectivity index is 1.63. The number of methoxy groups -OCH3 is 1. The van der Waals surface area contributed by atoms with Crippen LogP contribution in [-0.2, 0) is 22.6 Å². The largest absolute Gasteiger partial charge is 0.490 e. The maximum atomic E-state index is 13.9. The fraction of sp³-hybridized carbons (Fsp3) is 0.355. The minimum absolute atomic E-state index is 0.00595. The molecule has 1 atom stereocenters. The third-order valence-corrected chi connectivity index (χ3v) is 8.01. The molecule has 11 heteroatoms. The maximum Gasteiger partial charge on any atom is 0.311 e. The minimum Gasteiger partial charge on any atom is -0.490 e. The highest BCUT2D eigenvalue weighted by Gasteiger charge is 2.32. The molecule has 222 valence electrons. The van der Waals surface area contributed by atoms with Crippen LogP contribution in [0.2, 0.25) is 10.0 Å². The van der Waals surface area contributed by atoms with Gasteiger partial charge in [0.25, 0.3) is 5.91 Å². The number of nitrogens with one attached hydrogen (secondary N) is 1. The fourth-order valence-corrected chi connectivity index (χ4v) is 5.38. The summed E-state index contributed by atoms with van der Waals surface area (Å²) in [6.07, 6.45) is 5.33. The van der Waals surface area contributed by atoms with E-state index in [2.05, 4.69) is 5.32 Å². The number of benzene rings is 3. The number of ether oxygens (including phenoxy) is 2. The van der Waals surface area contributed by atoms with E-state index in [-0.39, 0.29) is 42.1 Å². The van der Waals surface area contributed by atoms with E-state index >= 15 is 0 Å². The molecule has 1 saturated carbocycles. The summed E-state index contributed by atoms with van der Waals surface area (Å²) in [5.74, 6) is -0.465. The molecule has 1 aliphatic rings. The van der Waals surface area contributed by atoms with Gasteiger partial charge in [-0.15, -0.1) is 0 Å². The number of hydrogen-bond donors (Lipinski definition) is 1. The second-order valence-electron chi connectivity index (χ2n) is 10.2. The lowest BCUT2D eigenvalue weighted by Gasteiger charge is -2.33. The molecule has 2 amide bonds. The lowest BCUT2D eigenvalue weighted by atomic mass is 9.94. The van der Waals surface area contributed by atoms with Crippen LogP contribution in [0.3, 0.4) is 0 Å². The zero-order valence-corrected chi connectivity index (χ0v) is 24.8. The van der Waals surface area contributed by atoms with Crippen LogP contribution in [0, 0.1) is 10.1 Å². The van der Waals surface area contributed by atoms with Crippen LogP contribution in [0.1, 0.15) is 43.2 Å². The molecular formula is C31H33Cl2N3O6. The van der Waals surface area contributed by atoms with Crippen LogP contribution >= 0.6 is 23.2 Å². The first-order valence-electron chi connectivity index (χ1n) is 13.8. The normalized spacial score (nSPS) is 14.1. The Morgan fingerprint density at radius 3 is 2.40 bits per heavy atom. The summed E-state index contributed by atoms with van der Waals surface area (Å²) in [6.45, 7) is -0.331. The minimum atomic E-state index is -0.841. The first kappa shape index (κ1) is 31.1. The van der Waals surface area contributed by atoms with Gasteiger partial charge < -0.3 is 19.7 Å². The van der Waals surface area contributed by atoms with Gasteiger partial charge in [0, 0.05) is 31.1 Å². The number of carbonyl (C=O) groups excluding carboxylic acids is 2. The van der Waals surface area contributed by atoms with Crippen molar-refractivity contribution in [3.63, 3.8) is 0 Å². The summed E-state index contributed by atoms with van der Waals surface area (Å²) in [5, 5.41) is 15.2. The van der Waals surface area contributed by atoms with Crippen LogP contribution < -0.4 is 14.8 Å². The SMILES string of the molecule is COc1cc(OCC(=O)N(Cc2ccc(Cl)c(Cl)c2)[C@H](Cc2ccccc2)C(=O)NC2CCCCC2)ccc1[N+](=O)[O-]. The highest BCUT2D eigenvalue weighted by molar-refractivity contribution is 6.42. The van der Waals surface area contributed by atoms with Gasteiger partial charge in [0.1, 0.15) is 11.8 Å². The van der Waals surface area contributed by atoms with E-state index in [1.165, 1.54) is 30.2 Å². The van der Waals surface area contributed by atoms with Crippen molar-refractivity contribution in [2.75, 3.05) is 13.7 Å². The van der Waals surface area contributed by atoms with Crippen molar-refractivity contribution in [1.82, 2.24) is 10.2 Å². The number of hydrogen-bond acceptors (Lipinski definition) is 6. The molecule has 42 heavy (non-hydrogen) atoms. The number of nitro groups is 1. The van der Waals surface area contributed by atoms with Crippen LogP contribution in [0.15, 0.2) is 66.7 Å². The Morgan fingerprint density at radius 2 is 1.74 bits per heavy atom. The molecule has 0 aliphatic heterocycles. The van der Waals surface area contributed by atoms with E-state index in [1.807, 2.05) is 30.3 Å². The molecule has 3 aromatic rings. The van der Waals surface area contributed by atoms with Gasteiger partial charge in [0.15, 0.2) is 6.61 Å². The molecule has 0 saturated heterocycles. The second kappa shape index (κ2) is 14.9. The fourth-order valence-electron chi connectivity index (χ4n) is 5.06. The van der Waals surface area contributed by atoms with E-state index in [9.17, 15) is 19.7 Å².